The second-order valence-corrected chi connectivity index (χ2v) is 6.13. The van der Waals surface area contributed by atoms with Gasteiger partial charge in [-0.25, -0.2) is 9.18 Å². The fourth-order valence-electron chi connectivity index (χ4n) is 3.73. The van der Waals surface area contributed by atoms with Crippen molar-refractivity contribution in [2.75, 3.05) is 5.32 Å². The van der Waals surface area contributed by atoms with Gasteiger partial charge in [0.15, 0.2) is 0 Å². The van der Waals surface area contributed by atoms with Gasteiger partial charge < -0.3 is 10.4 Å². The molecule has 2 aliphatic rings. The van der Waals surface area contributed by atoms with Crippen molar-refractivity contribution in [1.29, 1.82) is 0 Å². The quantitative estimate of drug-likeness (QED) is 0.811. The van der Waals surface area contributed by atoms with Crippen LogP contribution < -0.4 is 5.32 Å². The predicted octanol–water partition coefficient (Wildman–Crippen LogP) is 4.35. The molecule has 0 saturated carbocycles. The first-order chi connectivity index (χ1) is 11.1. The van der Waals surface area contributed by atoms with Gasteiger partial charge in [0.2, 0.25) is 0 Å². The van der Waals surface area contributed by atoms with Gasteiger partial charge in [-0.05, 0) is 53.8 Å². The number of carboxylic acid groups (broad SMARTS) is 1. The third-order valence-electron chi connectivity index (χ3n) is 4.84. The summed E-state index contributed by atoms with van der Waals surface area (Å²) in [5.41, 5.74) is 3.35. The minimum atomic E-state index is -0.910. The number of hydrogen-bond donors (Lipinski definition) is 2. The summed E-state index contributed by atoms with van der Waals surface area (Å²) < 4.78 is 13.2. The molecule has 1 aliphatic heterocycles. The van der Waals surface area contributed by atoms with E-state index in [-0.39, 0.29) is 17.8 Å². The van der Waals surface area contributed by atoms with Crippen LogP contribution in [-0.4, -0.2) is 11.1 Å². The topological polar surface area (TPSA) is 49.3 Å². The maximum absolute atomic E-state index is 13.2. The molecular weight excluding hydrogens is 293 g/mol. The molecule has 1 heterocycles. The average molecular weight is 309 g/mol. The van der Waals surface area contributed by atoms with Gasteiger partial charge in [-0.3, -0.25) is 0 Å². The zero-order valence-corrected chi connectivity index (χ0v) is 12.4. The number of carbonyl (C=O) groups is 1. The summed E-state index contributed by atoms with van der Waals surface area (Å²) in [5.74, 6) is -0.637. The molecule has 0 spiro atoms. The molecule has 2 N–H and O–H groups in total. The van der Waals surface area contributed by atoms with Gasteiger partial charge >= 0.3 is 5.97 Å². The van der Waals surface area contributed by atoms with Crippen LogP contribution in [-0.2, 0) is 0 Å². The van der Waals surface area contributed by atoms with Crippen molar-refractivity contribution in [2.45, 2.75) is 18.4 Å². The third kappa shape index (κ3) is 2.31. The van der Waals surface area contributed by atoms with E-state index in [1.165, 1.54) is 12.1 Å². The van der Waals surface area contributed by atoms with Gasteiger partial charge in [-0.1, -0.05) is 24.3 Å². The highest BCUT2D eigenvalue weighted by molar-refractivity contribution is 5.89. The number of carboxylic acids is 1. The van der Waals surface area contributed by atoms with E-state index in [0.29, 0.717) is 11.5 Å². The lowest BCUT2D eigenvalue weighted by atomic mass is 9.76. The van der Waals surface area contributed by atoms with Crippen LogP contribution in [0.15, 0.2) is 54.6 Å². The molecule has 4 rings (SSSR count). The van der Waals surface area contributed by atoms with Crippen molar-refractivity contribution < 1.29 is 14.3 Å². The molecule has 0 aromatic heterocycles. The predicted molar refractivity (Wildman–Crippen MR) is 86.2 cm³/mol. The molecule has 0 amide bonds. The highest BCUT2D eigenvalue weighted by Gasteiger charge is 2.38. The Labute approximate surface area is 133 Å². The minimum absolute atomic E-state index is 0.0961. The molecule has 0 unspecified atom stereocenters. The fourth-order valence-corrected chi connectivity index (χ4v) is 3.73. The van der Waals surface area contributed by atoms with Gasteiger partial charge in [-0.15, -0.1) is 0 Å². The van der Waals surface area contributed by atoms with E-state index >= 15 is 0 Å². The lowest BCUT2D eigenvalue weighted by Gasteiger charge is -2.37. The molecule has 116 valence electrons. The number of hydrogen-bond acceptors (Lipinski definition) is 2. The average Bonchev–Trinajstić information content (AvgIpc) is 3.04. The number of rotatable bonds is 2. The third-order valence-corrected chi connectivity index (χ3v) is 4.84. The van der Waals surface area contributed by atoms with Gasteiger partial charge in [0, 0.05) is 11.6 Å². The second kappa shape index (κ2) is 5.23. The monoisotopic (exact) mass is 309 g/mol. The van der Waals surface area contributed by atoms with Crippen LogP contribution in [0.1, 0.15) is 39.9 Å². The van der Waals surface area contributed by atoms with Crippen LogP contribution in [0.4, 0.5) is 10.1 Å². The first-order valence-electron chi connectivity index (χ1n) is 7.69. The summed E-state index contributed by atoms with van der Waals surface area (Å²) in [7, 11) is 0. The summed E-state index contributed by atoms with van der Waals surface area (Å²) in [5, 5.41) is 12.7. The number of anilines is 1. The van der Waals surface area contributed by atoms with Crippen LogP contribution >= 0.6 is 0 Å². The van der Waals surface area contributed by atoms with Crippen LogP contribution in [0.2, 0.25) is 0 Å². The number of fused-ring (bicyclic) bond motifs is 3. The van der Waals surface area contributed by atoms with Crippen molar-refractivity contribution >= 4 is 11.7 Å². The van der Waals surface area contributed by atoms with Crippen molar-refractivity contribution in [3.63, 3.8) is 0 Å². The van der Waals surface area contributed by atoms with Gasteiger partial charge in [-0.2, -0.15) is 0 Å². The zero-order valence-electron chi connectivity index (χ0n) is 12.4. The maximum atomic E-state index is 13.2. The first kappa shape index (κ1) is 14.0. The molecule has 2 aromatic carbocycles. The SMILES string of the molecule is O=C(O)c1ccc2c(c1)[C@@H]1C=CC[C@@H]1[C@@H](c1ccc(F)cc1)N2. The molecule has 3 nitrogen and oxygen atoms in total. The van der Waals surface area contributed by atoms with Crippen LogP contribution in [0.5, 0.6) is 0 Å². The molecule has 2 aromatic rings. The molecule has 0 saturated heterocycles. The zero-order chi connectivity index (χ0) is 16.0. The number of aromatic carboxylic acids is 1. The van der Waals surface area contributed by atoms with Crippen molar-refractivity contribution in [3.05, 3.63) is 77.1 Å². The lowest BCUT2D eigenvalue weighted by Crippen LogP contribution is -2.29. The normalized spacial score (nSPS) is 24.7. The van der Waals surface area contributed by atoms with Crippen LogP contribution in [0, 0.1) is 11.7 Å². The van der Waals surface area contributed by atoms with E-state index in [2.05, 4.69) is 17.5 Å². The van der Waals surface area contributed by atoms with Crippen molar-refractivity contribution in [1.82, 2.24) is 0 Å². The molecule has 23 heavy (non-hydrogen) atoms. The molecule has 0 bridgehead atoms. The van der Waals surface area contributed by atoms with Gasteiger partial charge in [0.25, 0.3) is 0 Å². The van der Waals surface area contributed by atoms with E-state index in [1.807, 2.05) is 18.2 Å². The minimum Gasteiger partial charge on any atom is -0.478 e. The van der Waals surface area contributed by atoms with Crippen LogP contribution in [0.3, 0.4) is 0 Å². The summed E-state index contributed by atoms with van der Waals surface area (Å²) in [6.07, 6.45) is 5.24. The molecular formula is C19H16FNO2. The Kier molecular flexibility index (Phi) is 3.18. The smallest absolute Gasteiger partial charge is 0.335 e. The largest absolute Gasteiger partial charge is 0.478 e. The van der Waals surface area contributed by atoms with Gasteiger partial charge in [0.1, 0.15) is 5.82 Å². The van der Waals surface area contributed by atoms with E-state index in [4.69, 9.17) is 0 Å². The second-order valence-electron chi connectivity index (χ2n) is 6.13. The summed E-state index contributed by atoms with van der Waals surface area (Å²) in [6.45, 7) is 0. The number of benzene rings is 2. The van der Waals surface area contributed by atoms with E-state index in [1.54, 1.807) is 12.1 Å². The first-order valence-corrected chi connectivity index (χ1v) is 7.69. The van der Waals surface area contributed by atoms with E-state index in [9.17, 15) is 14.3 Å². The molecule has 0 radical (unpaired) electrons. The fraction of sp³-hybridized carbons (Fsp3) is 0.211. The number of allylic oxidation sites excluding steroid dienone is 2. The summed E-state index contributed by atoms with van der Waals surface area (Å²) >= 11 is 0. The molecule has 4 heteroatoms. The standard InChI is InChI=1S/C19H16FNO2/c20-13-7-4-11(5-8-13)18-15-3-1-2-14(15)16-10-12(19(22)23)6-9-17(16)21-18/h1-2,4-10,14-15,18,21H,3H2,(H,22,23)/t14-,15+,18-/m1/s1. The Morgan fingerprint density at radius 1 is 1.17 bits per heavy atom. The Balaban J connectivity index is 1.77. The van der Waals surface area contributed by atoms with Crippen LogP contribution in [0.25, 0.3) is 0 Å². The lowest BCUT2D eigenvalue weighted by molar-refractivity contribution is 0.0696. The van der Waals surface area contributed by atoms with Crippen molar-refractivity contribution in [2.24, 2.45) is 5.92 Å². The Morgan fingerprint density at radius 3 is 2.70 bits per heavy atom. The van der Waals surface area contributed by atoms with Crippen molar-refractivity contribution in [3.8, 4) is 0 Å². The molecule has 0 fully saturated rings. The number of halogens is 1. The highest BCUT2D eigenvalue weighted by atomic mass is 19.1. The highest BCUT2D eigenvalue weighted by Crippen LogP contribution is 2.49. The molecule has 3 atom stereocenters. The Bertz CT molecular complexity index is 798. The number of nitrogens with one attached hydrogen (secondary N) is 1. The van der Waals surface area contributed by atoms with E-state index < -0.39 is 5.97 Å². The Hall–Kier alpha value is -2.62. The Morgan fingerprint density at radius 2 is 1.96 bits per heavy atom. The maximum Gasteiger partial charge on any atom is 0.335 e. The molecule has 1 aliphatic carbocycles. The summed E-state index contributed by atoms with van der Waals surface area (Å²) in [4.78, 5) is 11.2. The summed E-state index contributed by atoms with van der Waals surface area (Å²) in [6, 6.07) is 11.9. The van der Waals surface area contributed by atoms with Gasteiger partial charge in [0.05, 0.1) is 11.6 Å². The van der Waals surface area contributed by atoms with E-state index in [0.717, 1.165) is 23.2 Å².